The first-order valence-corrected chi connectivity index (χ1v) is 6.30. The Kier molecular flexibility index (Phi) is 4.36. The highest BCUT2D eigenvalue weighted by Gasteiger charge is 2.22. The Morgan fingerprint density at radius 1 is 1.44 bits per heavy atom. The second kappa shape index (κ2) is 6.01. The van der Waals surface area contributed by atoms with Crippen molar-refractivity contribution >= 4 is 0 Å². The third kappa shape index (κ3) is 3.06. The molecule has 0 aliphatic carbocycles. The molecule has 0 aromatic carbocycles. The number of aromatic nitrogens is 2. The fourth-order valence-electron chi connectivity index (χ4n) is 2.17. The number of rotatable bonds is 7. The van der Waals surface area contributed by atoms with E-state index in [-0.39, 0.29) is 0 Å². The Balaban J connectivity index is 1.69. The summed E-state index contributed by atoms with van der Waals surface area (Å²) in [5, 5.41) is 3.35. The molecule has 0 saturated carbocycles. The van der Waals surface area contributed by atoms with Crippen molar-refractivity contribution in [2.75, 3.05) is 26.2 Å². The van der Waals surface area contributed by atoms with Crippen molar-refractivity contribution in [2.24, 2.45) is 0 Å². The summed E-state index contributed by atoms with van der Waals surface area (Å²) in [6.07, 6.45) is 8.25. The number of imidazole rings is 1. The van der Waals surface area contributed by atoms with Gasteiger partial charge in [-0.05, 0) is 19.4 Å². The number of nitrogens with zero attached hydrogens (tertiary/aromatic N) is 3. The summed E-state index contributed by atoms with van der Waals surface area (Å²) in [4.78, 5) is 6.68. The molecule has 1 fully saturated rings. The second-order valence-corrected chi connectivity index (χ2v) is 4.50. The SMILES string of the molecule is CCCN(CCCn1ccnc1)C1CNC1. The molecule has 90 valence electrons. The maximum atomic E-state index is 4.06. The van der Waals surface area contributed by atoms with Gasteiger partial charge in [-0.2, -0.15) is 0 Å². The van der Waals surface area contributed by atoms with Crippen LogP contribution in [0, 0.1) is 0 Å². The van der Waals surface area contributed by atoms with Crippen molar-refractivity contribution < 1.29 is 0 Å². The zero-order valence-corrected chi connectivity index (χ0v) is 10.1. The lowest BCUT2D eigenvalue weighted by atomic mass is 10.1. The number of aryl methyl sites for hydroxylation is 1. The lowest BCUT2D eigenvalue weighted by Crippen LogP contribution is -2.57. The number of hydrogen-bond acceptors (Lipinski definition) is 3. The minimum atomic E-state index is 0.780. The highest BCUT2D eigenvalue weighted by molar-refractivity contribution is 4.84. The largest absolute Gasteiger partial charge is 0.337 e. The van der Waals surface area contributed by atoms with E-state index in [1.807, 2.05) is 18.7 Å². The highest BCUT2D eigenvalue weighted by Crippen LogP contribution is 2.07. The van der Waals surface area contributed by atoms with Crippen LogP contribution in [0.2, 0.25) is 0 Å². The maximum Gasteiger partial charge on any atom is 0.0945 e. The average Bonchev–Trinajstić information content (AvgIpc) is 2.68. The summed E-state index contributed by atoms with van der Waals surface area (Å²) < 4.78 is 2.16. The van der Waals surface area contributed by atoms with Gasteiger partial charge in [0, 0.05) is 44.6 Å². The van der Waals surface area contributed by atoms with Gasteiger partial charge in [0.15, 0.2) is 0 Å². The van der Waals surface area contributed by atoms with Gasteiger partial charge in [0.05, 0.1) is 6.33 Å². The molecule has 0 spiro atoms. The van der Waals surface area contributed by atoms with Gasteiger partial charge in [-0.15, -0.1) is 0 Å². The summed E-state index contributed by atoms with van der Waals surface area (Å²) in [6, 6.07) is 0.780. The van der Waals surface area contributed by atoms with Crippen molar-refractivity contribution in [3.8, 4) is 0 Å². The summed E-state index contributed by atoms with van der Waals surface area (Å²) in [5.41, 5.74) is 0. The van der Waals surface area contributed by atoms with Crippen LogP contribution in [-0.2, 0) is 6.54 Å². The molecule has 1 aliphatic heterocycles. The van der Waals surface area contributed by atoms with Gasteiger partial charge in [0.2, 0.25) is 0 Å². The fraction of sp³-hybridized carbons (Fsp3) is 0.750. The predicted molar refractivity (Wildman–Crippen MR) is 65.4 cm³/mol. The molecule has 0 amide bonds. The monoisotopic (exact) mass is 222 g/mol. The minimum Gasteiger partial charge on any atom is -0.337 e. The average molecular weight is 222 g/mol. The van der Waals surface area contributed by atoms with Crippen LogP contribution in [0.4, 0.5) is 0 Å². The second-order valence-electron chi connectivity index (χ2n) is 4.50. The molecule has 1 aromatic rings. The van der Waals surface area contributed by atoms with Crippen molar-refractivity contribution in [2.45, 2.75) is 32.4 Å². The maximum absolute atomic E-state index is 4.06. The molecule has 1 saturated heterocycles. The molecule has 2 heterocycles. The normalized spacial score (nSPS) is 16.6. The first-order chi connectivity index (χ1) is 7.90. The highest BCUT2D eigenvalue weighted by atomic mass is 15.2. The molecule has 4 heteroatoms. The molecule has 4 nitrogen and oxygen atoms in total. The molecule has 0 atom stereocenters. The van der Waals surface area contributed by atoms with Crippen LogP contribution in [0.15, 0.2) is 18.7 Å². The van der Waals surface area contributed by atoms with Gasteiger partial charge in [-0.25, -0.2) is 4.98 Å². The minimum absolute atomic E-state index is 0.780. The van der Waals surface area contributed by atoms with Crippen LogP contribution >= 0.6 is 0 Å². The number of hydrogen-bond donors (Lipinski definition) is 1. The van der Waals surface area contributed by atoms with Gasteiger partial charge in [0.25, 0.3) is 0 Å². The standard InChI is InChI=1S/C12H22N4/c1-2-5-16(12-9-14-10-12)7-3-6-15-8-4-13-11-15/h4,8,11-12,14H,2-3,5-7,9-10H2,1H3. The molecule has 0 bridgehead atoms. The summed E-state index contributed by atoms with van der Waals surface area (Å²) in [5.74, 6) is 0. The van der Waals surface area contributed by atoms with Crippen LogP contribution < -0.4 is 5.32 Å². The molecule has 1 N–H and O–H groups in total. The van der Waals surface area contributed by atoms with Crippen molar-refractivity contribution in [3.63, 3.8) is 0 Å². The summed E-state index contributed by atoms with van der Waals surface area (Å²) in [6.45, 7) is 8.13. The molecule has 2 rings (SSSR count). The summed E-state index contributed by atoms with van der Waals surface area (Å²) in [7, 11) is 0. The molecular formula is C12H22N4. The van der Waals surface area contributed by atoms with E-state index in [2.05, 4.69) is 26.7 Å². The van der Waals surface area contributed by atoms with E-state index in [1.54, 1.807) is 0 Å². The molecule has 16 heavy (non-hydrogen) atoms. The first kappa shape index (κ1) is 11.6. The van der Waals surface area contributed by atoms with Gasteiger partial charge in [0.1, 0.15) is 0 Å². The third-order valence-electron chi connectivity index (χ3n) is 3.21. The van der Waals surface area contributed by atoms with Gasteiger partial charge in [-0.3, -0.25) is 4.90 Å². The fourth-order valence-corrected chi connectivity index (χ4v) is 2.17. The van der Waals surface area contributed by atoms with E-state index < -0.39 is 0 Å². The Bertz CT molecular complexity index is 279. The van der Waals surface area contributed by atoms with Gasteiger partial charge < -0.3 is 9.88 Å². The lowest BCUT2D eigenvalue weighted by Gasteiger charge is -2.38. The van der Waals surface area contributed by atoms with Crippen LogP contribution in [0.1, 0.15) is 19.8 Å². The number of nitrogens with one attached hydrogen (secondary N) is 1. The zero-order chi connectivity index (χ0) is 11.2. The third-order valence-corrected chi connectivity index (χ3v) is 3.21. The molecule has 1 aliphatic rings. The predicted octanol–water partition coefficient (Wildman–Crippen LogP) is 0.957. The van der Waals surface area contributed by atoms with Crippen molar-refractivity contribution in [1.82, 2.24) is 19.8 Å². The van der Waals surface area contributed by atoms with Crippen molar-refractivity contribution in [1.29, 1.82) is 0 Å². The van der Waals surface area contributed by atoms with E-state index >= 15 is 0 Å². The van der Waals surface area contributed by atoms with E-state index in [9.17, 15) is 0 Å². The molecular weight excluding hydrogens is 200 g/mol. The van der Waals surface area contributed by atoms with Crippen LogP contribution in [0.25, 0.3) is 0 Å². The Morgan fingerprint density at radius 2 is 2.31 bits per heavy atom. The quantitative estimate of drug-likeness (QED) is 0.746. The van der Waals surface area contributed by atoms with Crippen LogP contribution in [-0.4, -0.2) is 46.7 Å². The van der Waals surface area contributed by atoms with Gasteiger partial charge >= 0.3 is 0 Å². The van der Waals surface area contributed by atoms with E-state index in [1.165, 1.54) is 39.0 Å². The van der Waals surface area contributed by atoms with Crippen LogP contribution in [0.3, 0.4) is 0 Å². The Morgan fingerprint density at radius 3 is 2.88 bits per heavy atom. The molecule has 0 radical (unpaired) electrons. The topological polar surface area (TPSA) is 33.1 Å². The van der Waals surface area contributed by atoms with E-state index in [0.29, 0.717) is 0 Å². The Hall–Kier alpha value is -0.870. The smallest absolute Gasteiger partial charge is 0.0945 e. The van der Waals surface area contributed by atoms with Gasteiger partial charge in [-0.1, -0.05) is 6.92 Å². The zero-order valence-electron chi connectivity index (χ0n) is 10.1. The molecule has 1 aromatic heterocycles. The van der Waals surface area contributed by atoms with E-state index in [0.717, 1.165) is 12.6 Å². The van der Waals surface area contributed by atoms with E-state index in [4.69, 9.17) is 0 Å². The molecule has 0 unspecified atom stereocenters. The van der Waals surface area contributed by atoms with Crippen molar-refractivity contribution in [3.05, 3.63) is 18.7 Å². The van der Waals surface area contributed by atoms with Crippen LogP contribution in [0.5, 0.6) is 0 Å². The lowest BCUT2D eigenvalue weighted by molar-refractivity contribution is 0.142. The Labute approximate surface area is 97.7 Å². The summed E-state index contributed by atoms with van der Waals surface area (Å²) >= 11 is 0. The first-order valence-electron chi connectivity index (χ1n) is 6.30.